The van der Waals surface area contributed by atoms with Gasteiger partial charge in [0.15, 0.2) is 0 Å². The third-order valence-corrected chi connectivity index (χ3v) is 11.8. The summed E-state index contributed by atoms with van der Waals surface area (Å²) in [7, 11) is 0. The Morgan fingerprint density at radius 1 is 0.286 bits per heavy atom. The second-order valence-electron chi connectivity index (χ2n) is 14.9. The van der Waals surface area contributed by atoms with Crippen LogP contribution in [0.1, 0.15) is 0 Å². The number of furan rings is 1. The number of rotatable bonds is 5. The van der Waals surface area contributed by atoms with Crippen LogP contribution in [0.25, 0.3) is 98.8 Å². The molecule has 0 radical (unpaired) electrons. The lowest BCUT2D eigenvalue weighted by atomic mass is 9.98. The van der Waals surface area contributed by atoms with Crippen molar-refractivity contribution in [2.45, 2.75) is 0 Å². The fourth-order valence-corrected chi connectivity index (χ4v) is 9.08. The molecule has 0 N–H and O–H groups in total. The van der Waals surface area contributed by atoms with Crippen molar-refractivity contribution in [2.75, 3.05) is 4.90 Å². The van der Waals surface area contributed by atoms with Crippen molar-refractivity contribution in [1.29, 1.82) is 0 Å². The molecule has 0 spiro atoms. The molecule has 2 nitrogen and oxygen atoms in total. The predicted molar refractivity (Wildman–Crippen MR) is 236 cm³/mol. The Balaban J connectivity index is 0.961. The molecule has 1 aliphatic rings. The molecule has 11 aromatic rings. The maximum atomic E-state index is 6.44. The van der Waals surface area contributed by atoms with E-state index in [1.807, 2.05) is 0 Å². The van der Waals surface area contributed by atoms with Gasteiger partial charge in [-0.15, -0.1) is 0 Å². The molecule has 10 aromatic carbocycles. The smallest absolute Gasteiger partial charge is 0.136 e. The lowest BCUT2D eigenvalue weighted by molar-refractivity contribution is 0.669. The Hall–Kier alpha value is -7.42. The molecular weight excluding hydrogens is 679 g/mol. The highest BCUT2D eigenvalue weighted by Crippen LogP contribution is 2.49. The van der Waals surface area contributed by atoms with Crippen LogP contribution >= 0.6 is 0 Å². The molecule has 0 fully saturated rings. The van der Waals surface area contributed by atoms with Crippen molar-refractivity contribution in [1.82, 2.24) is 0 Å². The van der Waals surface area contributed by atoms with E-state index >= 15 is 0 Å². The largest absolute Gasteiger partial charge is 0.456 e. The molecule has 56 heavy (non-hydrogen) atoms. The second-order valence-corrected chi connectivity index (χ2v) is 14.9. The quantitative estimate of drug-likeness (QED) is 0.177. The van der Waals surface area contributed by atoms with Crippen LogP contribution in [0.3, 0.4) is 0 Å². The summed E-state index contributed by atoms with van der Waals surface area (Å²) in [5.74, 6) is 0. The monoisotopic (exact) mass is 711 g/mol. The first-order chi connectivity index (χ1) is 27.7. The third-order valence-electron chi connectivity index (χ3n) is 11.8. The topological polar surface area (TPSA) is 16.4 Å². The number of benzene rings is 10. The number of hydrogen-bond donors (Lipinski definition) is 0. The van der Waals surface area contributed by atoms with Crippen molar-refractivity contribution in [3.63, 3.8) is 0 Å². The minimum Gasteiger partial charge on any atom is -0.456 e. The average Bonchev–Trinajstić information content (AvgIpc) is 3.78. The lowest BCUT2D eigenvalue weighted by Crippen LogP contribution is -2.10. The highest BCUT2D eigenvalue weighted by molar-refractivity contribution is 6.16. The Labute approximate surface area is 324 Å². The van der Waals surface area contributed by atoms with Crippen molar-refractivity contribution >= 4 is 71.3 Å². The van der Waals surface area contributed by atoms with Gasteiger partial charge in [0.1, 0.15) is 11.2 Å². The summed E-state index contributed by atoms with van der Waals surface area (Å²) in [6.07, 6.45) is 0. The molecule has 2 heteroatoms. The van der Waals surface area contributed by atoms with Gasteiger partial charge < -0.3 is 9.32 Å². The zero-order valence-corrected chi connectivity index (χ0v) is 30.4. The summed E-state index contributed by atoms with van der Waals surface area (Å²) >= 11 is 0. The van der Waals surface area contributed by atoms with Gasteiger partial charge in [-0.2, -0.15) is 0 Å². The zero-order chi connectivity index (χ0) is 36.7. The molecule has 0 unspecified atom stereocenters. The summed E-state index contributed by atoms with van der Waals surface area (Å²) in [6, 6.07) is 72.8. The summed E-state index contributed by atoms with van der Waals surface area (Å²) in [5.41, 5.74) is 15.0. The van der Waals surface area contributed by atoms with Crippen molar-refractivity contribution in [3.8, 4) is 44.5 Å². The van der Waals surface area contributed by atoms with Gasteiger partial charge in [-0.25, -0.2) is 0 Å². The minimum absolute atomic E-state index is 0.902. The Morgan fingerprint density at radius 3 is 1.62 bits per heavy atom. The molecule has 0 saturated heterocycles. The summed E-state index contributed by atoms with van der Waals surface area (Å²) in [4.78, 5) is 2.38. The normalized spacial score (nSPS) is 11.9. The average molecular weight is 712 g/mol. The van der Waals surface area contributed by atoms with Gasteiger partial charge in [0, 0.05) is 27.8 Å². The van der Waals surface area contributed by atoms with E-state index in [0.717, 1.165) is 50.1 Å². The summed E-state index contributed by atoms with van der Waals surface area (Å²) < 4.78 is 6.44. The van der Waals surface area contributed by atoms with E-state index in [1.165, 1.54) is 65.7 Å². The van der Waals surface area contributed by atoms with Gasteiger partial charge in [0.2, 0.25) is 0 Å². The highest BCUT2D eigenvalue weighted by Gasteiger charge is 2.23. The Kier molecular flexibility index (Phi) is 6.66. The first-order valence-corrected chi connectivity index (χ1v) is 19.2. The van der Waals surface area contributed by atoms with Crippen molar-refractivity contribution in [2.24, 2.45) is 0 Å². The molecule has 1 aliphatic carbocycles. The van der Waals surface area contributed by atoms with Crippen molar-refractivity contribution < 1.29 is 4.42 Å². The SMILES string of the molecule is c1ccc2cc3c(cc2c1)oc1cc(-c2ccc(N(c4ccc(-c5cccc6ccccc56)cc4)c4ccc5c(c4)-c4cccc6cccc-5c46)cc2)ccc13. The maximum Gasteiger partial charge on any atom is 0.136 e. The van der Waals surface area contributed by atoms with Crippen LogP contribution < -0.4 is 4.90 Å². The van der Waals surface area contributed by atoms with Crippen LogP contribution in [0, 0.1) is 0 Å². The summed E-state index contributed by atoms with van der Waals surface area (Å²) in [5, 5.41) is 9.83. The second kappa shape index (κ2) is 12.0. The number of anilines is 3. The molecule has 0 atom stereocenters. The van der Waals surface area contributed by atoms with E-state index < -0.39 is 0 Å². The molecule has 1 aromatic heterocycles. The molecule has 0 saturated carbocycles. The van der Waals surface area contributed by atoms with Gasteiger partial charge in [0.25, 0.3) is 0 Å². The molecule has 0 amide bonds. The third kappa shape index (κ3) is 4.76. The van der Waals surface area contributed by atoms with E-state index in [2.05, 4.69) is 205 Å². The van der Waals surface area contributed by atoms with Gasteiger partial charge in [-0.05, 0) is 137 Å². The van der Waals surface area contributed by atoms with Gasteiger partial charge in [0.05, 0.1) is 0 Å². The van der Waals surface area contributed by atoms with Crippen LogP contribution in [0.15, 0.2) is 205 Å². The van der Waals surface area contributed by atoms with E-state index in [-0.39, 0.29) is 0 Å². The molecule has 0 bridgehead atoms. The number of fused-ring (bicyclic) bond motifs is 8. The first kappa shape index (κ1) is 31.0. The van der Waals surface area contributed by atoms with E-state index in [1.54, 1.807) is 0 Å². The van der Waals surface area contributed by atoms with Crippen LogP contribution in [0.2, 0.25) is 0 Å². The summed E-state index contributed by atoms with van der Waals surface area (Å²) in [6.45, 7) is 0. The van der Waals surface area contributed by atoms with Crippen LogP contribution in [0.4, 0.5) is 17.1 Å². The minimum atomic E-state index is 0.902. The first-order valence-electron chi connectivity index (χ1n) is 19.2. The Morgan fingerprint density at radius 2 is 0.857 bits per heavy atom. The van der Waals surface area contributed by atoms with Crippen molar-refractivity contribution in [3.05, 3.63) is 200 Å². The number of hydrogen-bond acceptors (Lipinski definition) is 2. The van der Waals surface area contributed by atoms with E-state index in [4.69, 9.17) is 4.42 Å². The fourth-order valence-electron chi connectivity index (χ4n) is 9.08. The number of nitrogens with zero attached hydrogens (tertiary/aromatic N) is 1. The van der Waals surface area contributed by atoms with E-state index in [0.29, 0.717) is 0 Å². The van der Waals surface area contributed by atoms with Gasteiger partial charge in [-0.1, -0.05) is 140 Å². The van der Waals surface area contributed by atoms with E-state index in [9.17, 15) is 0 Å². The maximum absolute atomic E-state index is 6.44. The van der Waals surface area contributed by atoms with Gasteiger partial charge >= 0.3 is 0 Å². The fraction of sp³-hybridized carbons (Fsp3) is 0. The van der Waals surface area contributed by atoms with Gasteiger partial charge in [-0.3, -0.25) is 0 Å². The predicted octanol–water partition coefficient (Wildman–Crippen LogP) is 15.5. The van der Waals surface area contributed by atoms with Crippen LogP contribution in [-0.4, -0.2) is 0 Å². The zero-order valence-electron chi connectivity index (χ0n) is 30.4. The molecule has 0 aliphatic heterocycles. The van der Waals surface area contributed by atoms with Crippen LogP contribution in [-0.2, 0) is 0 Å². The Bertz CT molecular complexity index is 3340. The lowest BCUT2D eigenvalue weighted by Gasteiger charge is -2.27. The highest BCUT2D eigenvalue weighted by atomic mass is 16.3. The van der Waals surface area contributed by atoms with Crippen LogP contribution in [0.5, 0.6) is 0 Å². The molecule has 1 heterocycles. The molecule has 260 valence electrons. The molecule has 12 rings (SSSR count). The standard InChI is InChI=1S/C54H33NO/c1-2-10-39-31-53-51(30-38(39)9-1)47-28-22-40(32-52(47)56-53)34-18-23-41(24-19-34)55(42-25-20-36(21-26-42)45-15-5-11-35-8-3-4-14-44(35)45)43-27-29-46-48-16-6-12-37-13-7-17-49(54(37)48)50(46)33-43/h1-33H. The molecular formula is C54H33NO.